The van der Waals surface area contributed by atoms with Gasteiger partial charge < -0.3 is 20.6 Å². The Kier molecular flexibility index (Phi) is 3.99. The van der Waals surface area contributed by atoms with Crippen LogP contribution < -0.4 is 21.8 Å². The number of benzene rings is 1. The zero-order valence-electron chi connectivity index (χ0n) is 11.2. The van der Waals surface area contributed by atoms with Gasteiger partial charge in [-0.05, 0) is 25.2 Å². The zero-order valence-corrected chi connectivity index (χ0v) is 11.2. The number of hydrogen-bond acceptors (Lipinski definition) is 4. The van der Waals surface area contributed by atoms with Crippen LogP contribution in [-0.2, 0) is 4.79 Å². The van der Waals surface area contributed by atoms with Crippen molar-refractivity contribution in [3.8, 4) is 0 Å². The van der Waals surface area contributed by atoms with Gasteiger partial charge in [-0.3, -0.25) is 14.4 Å². The molecule has 1 atom stereocenters. The van der Waals surface area contributed by atoms with Crippen LogP contribution in [0.4, 0.5) is 5.69 Å². The van der Waals surface area contributed by atoms with Crippen molar-refractivity contribution >= 4 is 22.6 Å². The Morgan fingerprint density at radius 2 is 1.85 bits per heavy atom. The lowest BCUT2D eigenvalue weighted by Gasteiger charge is -2.11. The van der Waals surface area contributed by atoms with E-state index in [0.717, 1.165) is 0 Å². The maximum atomic E-state index is 11.9. The monoisotopic (exact) mass is 276 g/mol. The molecule has 1 aromatic heterocycles. The Balaban J connectivity index is 2.28. The summed E-state index contributed by atoms with van der Waals surface area (Å²) in [6.45, 7) is 2.38. The van der Waals surface area contributed by atoms with Crippen LogP contribution in [0.2, 0.25) is 0 Å². The van der Waals surface area contributed by atoms with E-state index in [2.05, 4.69) is 20.6 Å². The van der Waals surface area contributed by atoms with Crippen molar-refractivity contribution in [2.24, 2.45) is 5.92 Å². The van der Waals surface area contributed by atoms with Crippen LogP contribution >= 0.6 is 0 Å². The highest BCUT2D eigenvalue weighted by Crippen LogP contribution is 2.14. The summed E-state index contributed by atoms with van der Waals surface area (Å²) in [6, 6.07) is 4.91. The summed E-state index contributed by atoms with van der Waals surface area (Å²) >= 11 is 0. The average Bonchev–Trinajstić information content (AvgIpc) is 2.40. The lowest BCUT2D eigenvalue weighted by molar-refractivity contribution is -0.119. The first-order chi connectivity index (χ1) is 9.51. The average molecular weight is 276 g/mol. The van der Waals surface area contributed by atoms with E-state index in [1.165, 1.54) is 0 Å². The molecular formula is C13H16N4O3. The van der Waals surface area contributed by atoms with Crippen LogP contribution in [0, 0.1) is 5.92 Å². The third kappa shape index (κ3) is 2.94. The van der Waals surface area contributed by atoms with Crippen molar-refractivity contribution in [2.45, 2.75) is 6.92 Å². The molecule has 0 aliphatic carbocycles. The normalized spacial score (nSPS) is 12.3. The van der Waals surface area contributed by atoms with E-state index in [1.807, 2.05) is 6.92 Å². The lowest BCUT2D eigenvalue weighted by Crippen LogP contribution is -2.29. The number of rotatable bonds is 4. The number of amides is 1. The molecule has 1 heterocycles. The third-order valence-corrected chi connectivity index (χ3v) is 2.95. The van der Waals surface area contributed by atoms with Gasteiger partial charge in [0.25, 0.3) is 0 Å². The molecule has 0 saturated heterocycles. The van der Waals surface area contributed by atoms with E-state index in [4.69, 9.17) is 0 Å². The van der Waals surface area contributed by atoms with Crippen molar-refractivity contribution in [1.82, 2.24) is 15.3 Å². The molecule has 20 heavy (non-hydrogen) atoms. The summed E-state index contributed by atoms with van der Waals surface area (Å²) in [5.41, 5.74) is 0.124. The second-order valence-corrected chi connectivity index (χ2v) is 4.62. The predicted molar refractivity (Wildman–Crippen MR) is 76.9 cm³/mol. The first-order valence-corrected chi connectivity index (χ1v) is 6.23. The number of carbonyl (C=O) groups excluding carboxylic acids is 1. The molecular weight excluding hydrogens is 260 g/mol. The molecule has 2 rings (SSSR count). The molecule has 0 fully saturated rings. The number of aromatic nitrogens is 2. The Bertz CT molecular complexity index is 747. The van der Waals surface area contributed by atoms with Crippen LogP contribution in [0.1, 0.15) is 6.92 Å². The fraction of sp³-hybridized carbons (Fsp3) is 0.308. The minimum absolute atomic E-state index is 0.120. The second kappa shape index (κ2) is 5.70. The van der Waals surface area contributed by atoms with Gasteiger partial charge in [-0.25, -0.2) is 0 Å². The molecule has 0 spiro atoms. The molecule has 0 saturated carbocycles. The first kappa shape index (κ1) is 14.0. The fourth-order valence-electron chi connectivity index (χ4n) is 1.86. The molecule has 0 bridgehead atoms. The molecule has 0 radical (unpaired) electrons. The summed E-state index contributed by atoms with van der Waals surface area (Å²) in [5, 5.41) is 5.69. The number of nitrogens with one attached hydrogen (secondary N) is 4. The lowest BCUT2D eigenvalue weighted by atomic mass is 10.1. The summed E-state index contributed by atoms with van der Waals surface area (Å²) < 4.78 is 0. The Labute approximate surface area is 114 Å². The quantitative estimate of drug-likeness (QED) is 0.590. The van der Waals surface area contributed by atoms with Crippen molar-refractivity contribution in [2.75, 3.05) is 18.9 Å². The van der Waals surface area contributed by atoms with Crippen molar-refractivity contribution in [1.29, 1.82) is 0 Å². The highest BCUT2D eigenvalue weighted by atomic mass is 16.2. The van der Waals surface area contributed by atoms with Gasteiger partial charge in [0.15, 0.2) is 0 Å². The zero-order chi connectivity index (χ0) is 14.7. The largest absolute Gasteiger partial charge is 0.326 e. The summed E-state index contributed by atoms with van der Waals surface area (Å²) in [7, 11) is 1.78. The minimum Gasteiger partial charge on any atom is -0.326 e. The molecule has 0 aliphatic rings. The highest BCUT2D eigenvalue weighted by molar-refractivity contribution is 5.94. The predicted octanol–water partition coefficient (Wildman–Crippen LogP) is 0.0104. The molecule has 1 amide bonds. The Morgan fingerprint density at radius 1 is 1.20 bits per heavy atom. The second-order valence-electron chi connectivity index (χ2n) is 4.62. The van der Waals surface area contributed by atoms with E-state index in [1.54, 1.807) is 25.2 Å². The van der Waals surface area contributed by atoms with E-state index in [9.17, 15) is 14.4 Å². The van der Waals surface area contributed by atoms with Gasteiger partial charge in [-0.15, -0.1) is 0 Å². The van der Waals surface area contributed by atoms with Crippen molar-refractivity contribution < 1.29 is 4.79 Å². The Hall–Kier alpha value is -2.41. The van der Waals surface area contributed by atoms with Crippen LogP contribution in [0.15, 0.2) is 27.8 Å². The van der Waals surface area contributed by atoms with Crippen molar-refractivity contribution in [3.63, 3.8) is 0 Å². The molecule has 7 nitrogen and oxygen atoms in total. The summed E-state index contributed by atoms with van der Waals surface area (Å²) in [4.78, 5) is 39.2. The fourth-order valence-corrected chi connectivity index (χ4v) is 1.86. The number of hydrogen-bond donors (Lipinski definition) is 4. The molecule has 0 aliphatic heterocycles. The maximum absolute atomic E-state index is 11.9. The van der Waals surface area contributed by atoms with E-state index < -0.39 is 11.1 Å². The standard InChI is InChI=1S/C13H16N4O3/c1-7(6-14-2)11(18)15-8-3-4-9-10(5-8)17-13(20)12(19)16-9/h3-5,7,14H,6H2,1-2H3,(H,15,18)(H,16,19)(H,17,20). The molecule has 106 valence electrons. The Morgan fingerprint density at radius 3 is 2.50 bits per heavy atom. The van der Waals surface area contributed by atoms with Gasteiger partial charge in [0.2, 0.25) is 5.91 Å². The summed E-state index contributed by atoms with van der Waals surface area (Å²) in [5.74, 6) is -0.296. The summed E-state index contributed by atoms with van der Waals surface area (Å²) in [6.07, 6.45) is 0. The van der Waals surface area contributed by atoms with Gasteiger partial charge in [0.1, 0.15) is 0 Å². The SMILES string of the molecule is CNCC(C)C(=O)Nc1ccc2[nH]c(=O)c(=O)[nH]c2c1. The van der Waals surface area contributed by atoms with E-state index >= 15 is 0 Å². The molecule has 1 unspecified atom stereocenters. The van der Waals surface area contributed by atoms with Crippen molar-refractivity contribution in [3.05, 3.63) is 38.9 Å². The highest BCUT2D eigenvalue weighted by Gasteiger charge is 2.12. The topological polar surface area (TPSA) is 107 Å². The van der Waals surface area contributed by atoms with Gasteiger partial charge in [0.05, 0.1) is 11.0 Å². The van der Waals surface area contributed by atoms with Crippen LogP contribution in [0.5, 0.6) is 0 Å². The molecule has 1 aromatic carbocycles. The molecule has 4 N–H and O–H groups in total. The maximum Gasteiger partial charge on any atom is 0.314 e. The number of aromatic amines is 2. The number of fused-ring (bicyclic) bond motifs is 1. The van der Waals surface area contributed by atoms with E-state index in [-0.39, 0.29) is 11.8 Å². The van der Waals surface area contributed by atoms with Crippen LogP contribution in [0.3, 0.4) is 0 Å². The van der Waals surface area contributed by atoms with E-state index in [0.29, 0.717) is 23.3 Å². The van der Waals surface area contributed by atoms with Gasteiger partial charge in [0, 0.05) is 18.2 Å². The first-order valence-electron chi connectivity index (χ1n) is 6.23. The molecule has 7 heteroatoms. The van der Waals surface area contributed by atoms with Gasteiger partial charge in [-0.2, -0.15) is 0 Å². The van der Waals surface area contributed by atoms with Crippen LogP contribution in [-0.4, -0.2) is 29.5 Å². The third-order valence-electron chi connectivity index (χ3n) is 2.95. The minimum atomic E-state index is -0.718. The molecule has 2 aromatic rings. The smallest absolute Gasteiger partial charge is 0.314 e. The van der Waals surface area contributed by atoms with Gasteiger partial charge in [-0.1, -0.05) is 6.92 Å². The number of anilines is 1. The van der Waals surface area contributed by atoms with Gasteiger partial charge >= 0.3 is 11.1 Å². The number of carbonyl (C=O) groups is 1. The van der Waals surface area contributed by atoms with Crippen LogP contribution in [0.25, 0.3) is 11.0 Å². The number of H-pyrrole nitrogens is 2.